The lowest BCUT2D eigenvalue weighted by atomic mass is 9.60. The number of nitrogens with one attached hydrogen (secondary N) is 3. The number of hydrogen-bond donors (Lipinski definition) is 5. The molecular formula is C18H22ClN3O5. The van der Waals surface area contributed by atoms with Crippen LogP contribution in [0.25, 0.3) is 0 Å². The van der Waals surface area contributed by atoms with Crippen LogP contribution in [0.4, 0.5) is 10.5 Å². The third-order valence-electron chi connectivity index (χ3n) is 6.05. The molecule has 9 heteroatoms. The van der Waals surface area contributed by atoms with Crippen molar-refractivity contribution in [1.82, 2.24) is 10.6 Å². The van der Waals surface area contributed by atoms with Gasteiger partial charge in [0.1, 0.15) is 5.75 Å². The van der Waals surface area contributed by atoms with E-state index in [-0.39, 0.29) is 5.91 Å². The maximum Gasteiger partial charge on any atom is 0.405 e. The maximum atomic E-state index is 12.8. The first-order valence-electron chi connectivity index (χ1n) is 9.02. The zero-order valence-corrected chi connectivity index (χ0v) is 15.4. The van der Waals surface area contributed by atoms with E-state index < -0.39 is 29.4 Å². The third kappa shape index (κ3) is 3.27. The second-order valence-electron chi connectivity index (χ2n) is 7.70. The number of fused-ring (bicyclic) bond motifs is 4. The van der Waals surface area contributed by atoms with E-state index in [2.05, 4.69) is 16.0 Å². The van der Waals surface area contributed by atoms with Crippen molar-refractivity contribution < 1.29 is 24.5 Å². The topological polar surface area (TPSA) is 120 Å². The molecule has 1 heterocycles. The van der Waals surface area contributed by atoms with Crippen molar-refractivity contribution >= 4 is 29.3 Å². The molecular weight excluding hydrogens is 374 g/mol. The van der Waals surface area contributed by atoms with E-state index in [4.69, 9.17) is 21.4 Å². The van der Waals surface area contributed by atoms with Crippen LogP contribution in [0.3, 0.4) is 0 Å². The smallest absolute Gasteiger partial charge is 0.405 e. The summed E-state index contributed by atoms with van der Waals surface area (Å²) in [5, 5.41) is 28.9. The van der Waals surface area contributed by atoms with Crippen molar-refractivity contribution in [2.75, 3.05) is 11.9 Å². The Morgan fingerprint density at radius 3 is 2.63 bits per heavy atom. The van der Waals surface area contributed by atoms with Gasteiger partial charge < -0.3 is 30.9 Å². The fraction of sp³-hybridized carbons (Fsp3) is 0.556. The Labute approximate surface area is 161 Å². The SMILES string of the molecule is O=C(O)NC12CCC(NC(=O)C3CNc4cc(Cl)ccc4O3)(CC1)C[C@@H]2O. The van der Waals surface area contributed by atoms with Gasteiger partial charge in [-0.15, -0.1) is 0 Å². The normalized spacial score (nSPS) is 34.0. The van der Waals surface area contributed by atoms with Gasteiger partial charge in [0.15, 0.2) is 6.10 Å². The molecule has 0 spiro atoms. The average Bonchev–Trinajstić information content (AvgIpc) is 2.62. The molecule has 5 rings (SSSR count). The zero-order chi connectivity index (χ0) is 19.2. The molecule has 8 nitrogen and oxygen atoms in total. The second-order valence-corrected chi connectivity index (χ2v) is 8.14. The number of ether oxygens (including phenoxy) is 1. The molecule has 4 aliphatic rings. The predicted molar refractivity (Wildman–Crippen MR) is 98.2 cm³/mol. The Hall–Kier alpha value is -2.19. The highest BCUT2D eigenvalue weighted by molar-refractivity contribution is 6.30. The third-order valence-corrected chi connectivity index (χ3v) is 6.28. The number of amides is 2. The van der Waals surface area contributed by atoms with Crippen LogP contribution in [0.1, 0.15) is 32.1 Å². The summed E-state index contributed by atoms with van der Waals surface area (Å²) >= 11 is 5.96. The number of carboxylic acid groups (broad SMARTS) is 1. The van der Waals surface area contributed by atoms with E-state index in [1.807, 2.05) is 0 Å². The summed E-state index contributed by atoms with van der Waals surface area (Å²) in [6, 6.07) is 5.17. The number of aliphatic hydroxyl groups is 1. The quantitative estimate of drug-likeness (QED) is 0.531. The van der Waals surface area contributed by atoms with Gasteiger partial charge in [0.25, 0.3) is 5.91 Å². The molecule has 0 saturated heterocycles. The van der Waals surface area contributed by atoms with Gasteiger partial charge in [-0.25, -0.2) is 4.79 Å². The van der Waals surface area contributed by atoms with Gasteiger partial charge >= 0.3 is 6.09 Å². The largest absolute Gasteiger partial charge is 0.477 e. The molecule has 1 unspecified atom stereocenters. The lowest BCUT2D eigenvalue weighted by Crippen LogP contribution is -2.70. The van der Waals surface area contributed by atoms with Gasteiger partial charge in [0.2, 0.25) is 0 Å². The minimum atomic E-state index is -1.13. The van der Waals surface area contributed by atoms with E-state index in [1.165, 1.54) is 0 Å². The molecule has 1 aromatic carbocycles. The van der Waals surface area contributed by atoms with Crippen LogP contribution in [0.2, 0.25) is 5.02 Å². The standard InChI is InChI=1S/C18H22ClN3O5/c19-10-1-2-12-11(7-10)20-9-13(27-12)15(24)21-17-3-5-18(6-4-17,14(23)8-17)22-16(25)26/h1-2,7,13-14,20,22-23H,3-6,8-9H2,(H,21,24)(H,25,26)/t13?,14-,17?,18?/m0/s1. The highest BCUT2D eigenvalue weighted by atomic mass is 35.5. The van der Waals surface area contributed by atoms with Crippen molar-refractivity contribution in [1.29, 1.82) is 0 Å². The summed E-state index contributed by atoms with van der Waals surface area (Å²) in [5.41, 5.74) is -0.582. The first kappa shape index (κ1) is 18.2. The first-order valence-corrected chi connectivity index (χ1v) is 9.40. The molecule has 3 saturated carbocycles. The van der Waals surface area contributed by atoms with Crippen molar-refractivity contribution in [3.05, 3.63) is 23.2 Å². The molecule has 5 N–H and O–H groups in total. The molecule has 1 aliphatic heterocycles. The van der Waals surface area contributed by atoms with Gasteiger partial charge in [0.05, 0.1) is 23.9 Å². The molecule has 2 atom stereocenters. The lowest BCUT2D eigenvalue weighted by molar-refractivity contribution is -0.134. The Morgan fingerprint density at radius 1 is 1.22 bits per heavy atom. The van der Waals surface area contributed by atoms with Crippen molar-refractivity contribution in [3.63, 3.8) is 0 Å². The molecule has 0 aromatic heterocycles. The van der Waals surface area contributed by atoms with E-state index >= 15 is 0 Å². The maximum absolute atomic E-state index is 12.8. The van der Waals surface area contributed by atoms with Crippen LogP contribution >= 0.6 is 11.6 Å². The van der Waals surface area contributed by atoms with E-state index in [9.17, 15) is 14.7 Å². The molecule has 146 valence electrons. The highest BCUT2D eigenvalue weighted by Gasteiger charge is 2.55. The first-order chi connectivity index (χ1) is 12.8. The number of carbonyl (C=O) groups excluding carboxylic acids is 1. The highest BCUT2D eigenvalue weighted by Crippen LogP contribution is 2.47. The minimum absolute atomic E-state index is 0.240. The Morgan fingerprint density at radius 2 is 1.96 bits per heavy atom. The summed E-state index contributed by atoms with van der Waals surface area (Å²) in [4.78, 5) is 23.9. The predicted octanol–water partition coefficient (Wildman–Crippen LogP) is 1.71. The molecule has 3 aliphatic carbocycles. The van der Waals surface area contributed by atoms with Crippen LogP contribution in [-0.4, -0.2) is 52.0 Å². The monoisotopic (exact) mass is 395 g/mol. The van der Waals surface area contributed by atoms with Gasteiger partial charge in [0, 0.05) is 10.6 Å². The minimum Gasteiger partial charge on any atom is -0.477 e. The number of halogens is 1. The van der Waals surface area contributed by atoms with E-state index in [0.29, 0.717) is 49.4 Å². The van der Waals surface area contributed by atoms with Crippen LogP contribution in [0.15, 0.2) is 18.2 Å². The van der Waals surface area contributed by atoms with Gasteiger partial charge in [-0.05, 0) is 50.3 Å². The Kier molecular flexibility index (Phi) is 4.35. The number of anilines is 1. The van der Waals surface area contributed by atoms with Crippen LogP contribution in [-0.2, 0) is 4.79 Å². The van der Waals surface area contributed by atoms with E-state index in [0.717, 1.165) is 5.69 Å². The number of benzene rings is 1. The summed E-state index contributed by atoms with van der Waals surface area (Å²) < 4.78 is 5.81. The summed E-state index contributed by atoms with van der Waals surface area (Å²) in [5.74, 6) is 0.330. The molecule has 3 fully saturated rings. The second kappa shape index (κ2) is 6.45. The Bertz CT molecular complexity index is 778. The number of carbonyl (C=O) groups is 2. The van der Waals surface area contributed by atoms with Crippen LogP contribution in [0.5, 0.6) is 5.75 Å². The summed E-state index contributed by atoms with van der Waals surface area (Å²) in [6.07, 6.45) is -0.109. The summed E-state index contributed by atoms with van der Waals surface area (Å²) in [7, 11) is 0. The molecule has 0 radical (unpaired) electrons. The van der Waals surface area contributed by atoms with Gasteiger partial charge in [-0.2, -0.15) is 0 Å². The fourth-order valence-corrected chi connectivity index (χ4v) is 4.68. The van der Waals surface area contributed by atoms with E-state index in [1.54, 1.807) is 18.2 Å². The Balaban J connectivity index is 1.42. The fourth-order valence-electron chi connectivity index (χ4n) is 4.50. The van der Waals surface area contributed by atoms with Gasteiger partial charge in [-0.3, -0.25) is 4.79 Å². The molecule has 1 aromatic rings. The van der Waals surface area contributed by atoms with Gasteiger partial charge in [-0.1, -0.05) is 11.6 Å². The number of rotatable bonds is 3. The summed E-state index contributed by atoms with van der Waals surface area (Å²) in [6.45, 7) is 0.322. The molecule has 27 heavy (non-hydrogen) atoms. The number of aliphatic hydroxyl groups excluding tert-OH is 1. The van der Waals surface area contributed by atoms with Crippen molar-refractivity contribution in [2.45, 2.75) is 55.4 Å². The molecule has 2 amide bonds. The van der Waals surface area contributed by atoms with Crippen LogP contribution < -0.4 is 20.7 Å². The average molecular weight is 396 g/mol. The van der Waals surface area contributed by atoms with Crippen molar-refractivity contribution in [3.8, 4) is 5.75 Å². The van der Waals surface area contributed by atoms with Crippen LogP contribution in [0, 0.1) is 0 Å². The zero-order valence-electron chi connectivity index (χ0n) is 14.6. The lowest BCUT2D eigenvalue weighted by Gasteiger charge is -2.56. The van der Waals surface area contributed by atoms with Crippen molar-refractivity contribution in [2.24, 2.45) is 0 Å². The molecule has 2 bridgehead atoms. The number of hydrogen-bond acceptors (Lipinski definition) is 5.